The summed E-state index contributed by atoms with van der Waals surface area (Å²) in [4.78, 5) is 21.1. The number of hydrogen-bond acceptors (Lipinski definition) is 2. The molecule has 0 aromatic heterocycles. The van der Waals surface area contributed by atoms with Gasteiger partial charge in [-0.2, -0.15) is 0 Å². The highest BCUT2D eigenvalue weighted by molar-refractivity contribution is 5.95. The Balaban J connectivity index is -0.000000234. The molecular formula is C9H21NO2. The summed E-state index contributed by atoms with van der Waals surface area (Å²) in [6, 6.07) is 0. The molecule has 1 saturated heterocycles. The molecule has 1 fully saturated rings. The van der Waals surface area contributed by atoms with Crippen molar-refractivity contribution in [2.24, 2.45) is 0 Å². The van der Waals surface area contributed by atoms with Gasteiger partial charge in [0.05, 0.1) is 0 Å². The molecule has 3 heteroatoms. The van der Waals surface area contributed by atoms with E-state index >= 15 is 0 Å². The molecule has 74 valence electrons. The molecule has 1 heterocycles. The number of hydrogen-bond donors (Lipinski definition) is 1. The van der Waals surface area contributed by atoms with Gasteiger partial charge in [0.15, 0.2) is 0 Å². The molecule has 0 bridgehead atoms. The van der Waals surface area contributed by atoms with Crippen LogP contribution in [0.3, 0.4) is 0 Å². The van der Waals surface area contributed by atoms with Crippen molar-refractivity contribution in [1.29, 1.82) is 0 Å². The highest BCUT2D eigenvalue weighted by Crippen LogP contribution is 2.03. The van der Waals surface area contributed by atoms with Crippen LogP contribution in [0.15, 0.2) is 0 Å². The van der Waals surface area contributed by atoms with Crippen LogP contribution in [-0.4, -0.2) is 11.8 Å². The van der Waals surface area contributed by atoms with Crippen molar-refractivity contribution in [1.82, 2.24) is 5.32 Å². The maximum absolute atomic E-state index is 10.6. The Kier molecular flexibility index (Phi) is 9.41. The van der Waals surface area contributed by atoms with Crippen molar-refractivity contribution in [3.8, 4) is 0 Å². The van der Waals surface area contributed by atoms with E-state index in [2.05, 4.69) is 5.32 Å². The van der Waals surface area contributed by atoms with Gasteiger partial charge in [0.25, 0.3) is 0 Å². The number of rotatable bonds is 0. The molecule has 0 aromatic rings. The fourth-order valence-electron chi connectivity index (χ4n) is 0.852. The second-order valence-corrected chi connectivity index (χ2v) is 2.18. The summed E-state index contributed by atoms with van der Waals surface area (Å²) in [7, 11) is 0. The van der Waals surface area contributed by atoms with E-state index in [9.17, 15) is 9.59 Å². The Morgan fingerprint density at radius 2 is 1.42 bits per heavy atom. The Morgan fingerprint density at radius 1 is 1.08 bits per heavy atom. The van der Waals surface area contributed by atoms with Crippen molar-refractivity contribution in [2.45, 2.75) is 47.0 Å². The lowest BCUT2D eigenvalue weighted by molar-refractivity contribution is -0.129. The summed E-state index contributed by atoms with van der Waals surface area (Å²) in [6.45, 7) is 4.00. The van der Waals surface area contributed by atoms with Gasteiger partial charge < -0.3 is 0 Å². The SMILES string of the molecule is C.CC.O=C1CCCCC(=O)N1.[HH]. The topological polar surface area (TPSA) is 46.2 Å². The number of carbonyl (C=O) groups excluding carboxylic acids is 2. The van der Waals surface area contributed by atoms with Gasteiger partial charge in [0.2, 0.25) is 11.8 Å². The molecule has 0 aliphatic carbocycles. The molecule has 0 saturated carbocycles. The summed E-state index contributed by atoms with van der Waals surface area (Å²) >= 11 is 0. The third kappa shape index (κ3) is 5.89. The maximum atomic E-state index is 10.6. The van der Waals surface area contributed by atoms with Crippen LogP contribution in [0, 0.1) is 0 Å². The monoisotopic (exact) mass is 175 g/mol. The van der Waals surface area contributed by atoms with Crippen molar-refractivity contribution >= 4 is 11.8 Å². The summed E-state index contributed by atoms with van der Waals surface area (Å²) < 4.78 is 0. The van der Waals surface area contributed by atoms with E-state index in [0.29, 0.717) is 12.8 Å². The largest absolute Gasteiger partial charge is 0.296 e. The lowest BCUT2D eigenvalue weighted by Crippen LogP contribution is -2.27. The van der Waals surface area contributed by atoms with Crippen molar-refractivity contribution in [2.75, 3.05) is 0 Å². The molecule has 3 nitrogen and oxygen atoms in total. The molecule has 1 rings (SSSR count). The number of nitrogens with one attached hydrogen (secondary N) is 1. The predicted octanol–water partition coefficient (Wildman–Crippen LogP) is 2.11. The highest BCUT2D eigenvalue weighted by Gasteiger charge is 2.11. The van der Waals surface area contributed by atoms with Gasteiger partial charge in [-0.15, -0.1) is 0 Å². The summed E-state index contributed by atoms with van der Waals surface area (Å²) in [5.41, 5.74) is 0. The average Bonchev–Trinajstić information content (AvgIpc) is 2.18. The zero-order valence-corrected chi connectivity index (χ0v) is 7.14. The van der Waals surface area contributed by atoms with Crippen LogP contribution in [0.25, 0.3) is 0 Å². The van der Waals surface area contributed by atoms with E-state index in [1.54, 1.807) is 0 Å². The van der Waals surface area contributed by atoms with Crippen molar-refractivity contribution < 1.29 is 11.0 Å². The van der Waals surface area contributed by atoms with Crippen LogP contribution in [0.4, 0.5) is 0 Å². The van der Waals surface area contributed by atoms with E-state index in [0.717, 1.165) is 12.8 Å². The molecular weight excluding hydrogens is 154 g/mol. The predicted molar refractivity (Wildman–Crippen MR) is 51.8 cm³/mol. The summed E-state index contributed by atoms with van der Waals surface area (Å²) in [5, 5.41) is 2.26. The number of carbonyl (C=O) groups is 2. The highest BCUT2D eigenvalue weighted by atomic mass is 16.2. The van der Waals surface area contributed by atoms with Crippen molar-refractivity contribution in [3.63, 3.8) is 0 Å². The fourth-order valence-corrected chi connectivity index (χ4v) is 0.852. The van der Waals surface area contributed by atoms with E-state index in [4.69, 9.17) is 0 Å². The third-order valence-electron chi connectivity index (χ3n) is 1.34. The van der Waals surface area contributed by atoms with Gasteiger partial charge in [-0.25, -0.2) is 0 Å². The van der Waals surface area contributed by atoms with Gasteiger partial charge in [-0.1, -0.05) is 21.3 Å². The van der Waals surface area contributed by atoms with Crippen molar-refractivity contribution in [3.05, 3.63) is 0 Å². The Labute approximate surface area is 76.0 Å². The quantitative estimate of drug-likeness (QED) is 0.573. The minimum absolute atomic E-state index is 0. The zero-order chi connectivity index (χ0) is 8.69. The van der Waals surface area contributed by atoms with E-state index in [-0.39, 0.29) is 20.7 Å². The lowest BCUT2D eigenvalue weighted by Gasteiger charge is -1.93. The Hall–Kier alpha value is -0.860. The van der Waals surface area contributed by atoms with Crippen LogP contribution in [0.5, 0.6) is 0 Å². The molecule has 12 heavy (non-hydrogen) atoms. The first-order valence-electron chi connectivity index (χ1n) is 4.12. The normalized spacial score (nSPS) is 16.2. The Bertz CT molecular complexity index is 133. The summed E-state index contributed by atoms with van der Waals surface area (Å²) in [6.07, 6.45) is 2.70. The first-order chi connectivity index (χ1) is 5.29. The smallest absolute Gasteiger partial charge is 0.226 e. The van der Waals surface area contributed by atoms with Gasteiger partial charge >= 0.3 is 0 Å². The molecule has 0 radical (unpaired) electrons. The summed E-state index contributed by atoms with van der Waals surface area (Å²) in [5.74, 6) is -0.255. The molecule has 2 amide bonds. The van der Waals surface area contributed by atoms with E-state index in [1.807, 2.05) is 13.8 Å². The molecule has 0 spiro atoms. The molecule has 1 aliphatic rings. The van der Waals surface area contributed by atoms with Gasteiger partial charge in [-0.05, 0) is 12.8 Å². The molecule has 1 N–H and O–H groups in total. The molecule has 1 aliphatic heterocycles. The lowest BCUT2D eigenvalue weighted by atomic mass is 10.2. The average molecular weight is 175 g/mol. The molecule has 0 atom stereocenters. The van der Waals surface area contributed by atoms with Crippen LogP contribution in [0.1, 0.15) is 48.4 Å². The third-order valence-corrected chi connectivity index (χ3v) is 1.34. The van der Waals surface area contributed by atoms with Gasteiger partial charge in [-0.3, -0.25) is 14.9 Å². The van der Waals surface area contributed by atoms with Crippen LogP contribution < -0.4 is 5.32 Å². The molecule has 0 aromatic carbocycles. The van der Waals surface area contributed by atoms with Crippen LogP contribution in [-0.2, 0) is 9.59 Å². The minimum atomic E-state index is -0.127. The van der Waals surface area contributed by atoms with Crippen LogP contribution in [0.2, 0.25) is 0 Å². The van der Waals surface area contributed by atoms with Gasteiger partial charge in [0, 0.05) is 14.3 Å². The zero-order valence-electron chi connectivity index (χ0n) is 7.14. The second-order valence-electron chi connectivity index (χ2n) is 2.18. The fraction of sp³-hybridized carbons (Fsp3) is 0.778. The standard InChI is InChI=1S/C6H9NO2.C2H6.CH4.H2/c8-5-3-1-2-4-6(9)7-5;1-2;;/h1-4H2,(H,7,8,9);1-2H3;1H4;1H. The first kappa shape index (κ1) is 13.7. The second kappa shape index (κ2) is 8.24. The van der Waals surface area contributed by atoms with Crippen LogP contribution >= 0.6 is 0 Å². The maximum Gasteiger partial charge on any atom is 0.226 e. The Morgan fingerprint density at radius 3 is 1.75 bits per heavy atom. The number of imide groups is 1. The molecule has 0 unspecified atom stereocenters. The van der Waals surface area contributed by atoms with E-state index < -0.39 is 0 Å². The first-order valence-corrected chi connectivity index (χ1v) is 4.12. The van der Waals surface area contributed by atoms with E-state index in [1.165, 1.54) is 0 Å². The van der Waals surface area contributed by atoms with Gasteiger partial charge in [0.1, 0.15) is 0 Å². The number of amides is 2. The minimum Gasteiger partial charge on any atom is -0.296 e.